The predicted octanol–water partition coefficient (Wildman–Crippen LogP) is 3.97. The zero-order chi connectivity index (χ0) is 22.5. The second kappa shape index (κ2) is 10.4. The van der Waals surface area contributed by atoms with Gasteiger partial charge in [-0.25, -0.2) is 0 Å². The molecule has 7 nitrogen and oxygen atoms in total. The van der Waals surface area contributed by atoms with Crippen molar-refractivity contribution in [2.45, 2.75) is 18.5 Å². The number of benzene rings is 2. The molecule has 3 aromatic rings. The number of aromatic nitrogens is 3. The quantitative estimate of drug-likeness (QED) is 0.527. The van der Waals surface area contributed by atoms with E-state index in [4.69, 9.17) is 11.6 Å². The number of thioether (sulfide) groups is 1. The van der Waals surface area contributed by atoms with Gasteiger partial charge >= 0.3 is 0 Å². The highest BCUT2D eigenvalue weighted by Gasteiger charge is 2.19. The van der Waals surface area contributed by atoms with Crippen molar-refractivity contribution in [2.75, 3.05) is 49.2 Å². The van der Waals surface area contributed by atoms with E-state index in [0.29, 0.717) is 10.2 Å². The van der Waals surface area contributed by atoms with Gasteiger partial charge in [0.25, 0.3) is 0 Å². The van der Waals surface area contributed by atoms with Gasteiger partial charge in [-0.3, -0.25) is 9.36 Å². The van der Waals surface area contributed by atoms with Gasteiger partial charge in [0, 0.05) is 31.2 Å². The summed E-state index contributed by atoms with van der Waals surface area (Å²) in [5, 5.41) is 12.6. The fourth-order valence-corrected chi connectivity index (χ4v) is 4.67. The predicted molar refractivity (Wildman–Crippen MR) is 131 cm³/mol. The van der Waals surface area contributed by atoms with E-state index in [1.54, 1.807) is 6.33 Å². The zero-order valence-electron chi connectivity index (χ0n) is 18.3. The third kappa shape index (κ3) is 5.26. The second-order valence-electron chi connectivity index (χ2n) is 7.75. The van der Waals surface area contributed by atoms with Crippen molar-refractivity contribution >= 4 is 40.6 Å². The van der Waals surface area contributed by atoms with Gasteiger partial charge in [0.15, 0.2) is 5.16 Å². The average molecular weight is 471 g/mol. The minimum atomic E-state index is -0.106. The molecule has 0 unspecified atom stereocenters. The minimum absolute atomic E-state index is 0.106. The lowest BCUT2D eigenvalue weighted by atomic mass is 10.1. The summed E-state index contributed by atoms with van der Waals surface area (Å²) in [4.78, 5) is 17.4. The van der Waals surface area contributed by atoms with E-state index in [1.807, 2.05) is 41.0 Å². The first-order chi connectivity index (χ1) is 15.5. The molecule has 4 rings (SSSR count). The Bertz CT molecular complexity index is 1080. The topological polar surface area (TPSA) is 66.3 Å². The number of likely N-dealkylation sites (N-methyl/N-ethyl adjacent to an activating group) is 1. The molecule has 0 bridgehead atoms. The van der Waals surface area contributed by atoms with Crippen LogP contribution in [-0.4, -0.2) is 64.6 Å². The van der Waals surface area contributed by atoms with E-state index >= 15 is 0 Å². The Hall–Kier alpha value is -2.55. The van der Waals surface area contributed by atoms with Crippen molar-refractivity contribution in [3.8, 4) is 5.69 Å². The number of carbonyl (C=O) groups is 1. The highest BCUT2D eigenvalue weighted by molar-refractivity contribution is 7.99. The Labute approximate surface area is 197 Å². The number of anilines is 2. The number of rotatable bonds is 7. The van der Waals surface area contributed by atoms with Crippen LogP contribution in [0, 0.1) is 0 Å². The zero-order valence-corrected chi connectivity index (χ0v) is 19.9. The third-order valence-electron chi connectivity index (χ3n) is 5.56. The summed E-state index contributed by atoms with van der Waals surface area (Å²) in [5.41, 5.74) is 3.98. The molecule has 1 fully saturated rings. The Morgan fingerprint density at radius 1 is 1.12 bits per heavy atom. The van der Waals surface area contributed by atoms with Crippen molar-refractivity contribution in [2.24, 2.45) is 0 Å². The Balaban J connectivity index is 1.45. The van der Waals surface area contributed by atoms with Gasteiger partial charge in [-0.15, -0.1) is 10.2 Å². The van der Waals surface area contributed by atoms with Crippen LogP contribution in [0.25, 0.3) is 5.69 Å². The van der Waals surface area contributed by atoms with Gasteiger partial charge in [0.1, 0.15) is 6.33 Å². The van der Waals surface area contributed by atoms with Crippen molar-refractivity contribution in [1.82, 2.24) is 19.7 Å². The van der Waals surface area contributed by atoms with E-state index in [2.05, 4.69) is 45.4 Å². The van der Waals surface area contributed by atoms with Crippen LogP contribution in [0.4, 0.5) is 11.4 Å². The molecule has 1 aliphatic heterocycles. The van der Waals surface area contributed by atoms with Crippen LogP contribution in [-0.2, 0) is 11.2 Å². The van der Waals surface area contributed by atoms with Crippen molar-refractivity contribution in [3.63, 3.8) is 0 Å². The van der Waals surface area contributed by atoms with Gasteiger partial charge in [-0.05, 0) is 43.3 Å². The summed E-state index contributed by atoms with van der Waals surface area (Å²) in [5.74, 6) is 0.118. The first kappa shape index (κ1) is 22.6. The summed E-state index contributed by atoms with van der Waals surface area (Å²) in [6.45, 7) is 5.92. The molecule has 32 heavy (non-hydrogen) atoms. The number of nitrogens with zero attached hydrogens (tertiary/aromatic N) is 5. The standard InChI is InChI=1S/C23H27ClN6OS/c1-3-17-6-4-5-7-20(17)30-16-25-27-23(30)32-15-22(31)26-19-14-18(24)8-9-21(19)29-12-10-28(2)11-13-29/h4-9,14,16H,3,10-13,15H2,1-2H3,(H,26,31). The summed E-state index contributed by atoms with van der Waals surface area (Å²) >= 11 is 7.60. The monoisotopic (exact) mass is 470 g/mol. The fraction of sp³-hybridized carbons (Fsp3) is 0.348. The molecule has 0 saturated carbocycles. The highest BCUT2D eigenvalue weighted by atomic mass is 35.5. The van der Waals surface area contributed by atoms with E-state index in [1.165, 1.54) is 17.3 Å². The fourth-order valence-electron chi connectivity index (χ4n) is 3.78. The van der Waals surface area contributed by atoms with E-state index in [0.717, 1.165) is 49.7 Å². The molecule has 0 radical (unpaired) electrons. The molecule has 1 aliphatic rings. The molecule has 2 aromatic carbocycles. The Morgan fingerprint density at radius 2 is 1.91 bits per heavy atom. The van der Waals surface area contributed by atoms with E-state index in [-0.39, 0.29) is 11.7 Å². The van der Waals surface area contributed by atoms with Crippen LogP contribution < -0.4 is 10.2 Å². The molecule has 168 valence electrons. The number of halogens is 1. The first-order valence-corrected chi connectivity index (χ1v) is 12.1. The summed E-state index contributed by atoms with van der Waals surface area (Å²) in [6.07, 6.45) is 2.60. The molecular formula is C23H27ClN6OS. The molecule has 2 heterocycles. The number of aryl methyl sites for hydroxylation is 1. The number of hydrogen-bond donors (Lipinski definition) is 1. The van der Waals surface area contributed by atoms with Crippen LogP contribution in [0.15, 0.2) is 53.9 Å². The van der Waals surface area contributed by atoms with Crippen molar-refractivity contribution < 1.29 is 4.79 Å². The van der Waals surface area contributed by atoms with Crippen LogP contribution in [0.3, 0.4) is 0 Å². The van der Waals surface area contributed by atoms with Crippen LogP contribution in [0.2, 0.25) is 5.02 Å². The lowest BCUT2D eigenvalue weighted by Crippen LogP contribution is -2.44. The average Bonchev–Trinajstić information content (AvgIpc) is 3.27. The number of piperazine rings is 1. The molecule has 0 aliphatic carbocycles. The number of amides is 1. The lowest BCUT2D eigenvalue weighted by Gasteiger charge is -2.35. The number of para-hydroxylation sites is 1. The Morgan fingerprint density at radius 3 is 2.69 bits per heavy atom. The van der Waals surface area contributed by atoms with Gasteiger partial charge < -0.3 is 15.1 Å². The van der Waals surface area contributed by atoms with Crippen molar-refractivity contribution in [1.29, 1.82) is 0 Å². The third-order valence-corrected chi connectivity index (χ3v) is 6.74. The Kier molecular flexibility index (Phi) is 7.34. The maximum Gasteiger partial charge on any atom is 0.234 e. The van der Waals surface area contributed by atoms with Crippen LogP contribution >= 0.6 is 23.4 Å². The van der Waals surface area contributed by atoms with Gasteiger partial charge in [0.2, 0.25) is 5.91 Å². The van der Waals surface area contributed by atoms with E-state index < -0.39 is 0 Å². The summed E-state index contributed by atoms with van der Waals surface area (Å²) in [6, 6.07) is 13.8. The van der Waals surface area contributed by atoms with Gasteiger partial charge in [-0.2, -0.15) is 0 Å². The molecule has 9 heteroatoms. The maximum atomic E-state index is 12.8. The second-order valence-corrected chi connectivity index (χ2v) is 9.13. The highest BCUT2D eigenvalue weighted by Crippen LogP contribution is 2.30. The van der Waals surface area contributed by atoms with Crippen LogP contribution in [0.1, 0.15) is 12.5 Å². The van der Waals surface area contributed by atoms with E-state index in [9.17, 15) is 4.79 Å². The molecule has 1 aromatic heterocycles. The molecule has 0 spiro atoms. The molecule has 0 atom stereocenters. The minimum Gasteiger partial charge on any atom is -0.367 e. The number of hydrogen-bond acceptors (Lipinski definition) is 6. The number of carbonyl (C=O) groups excluding carboxylic acids is 1. The normalized spacial score (nSPS) is 14.5. The lowest BCUT2D eigenvalue weighted by molar-refractivity contribution is -0.113. The smallest absolute Gasteiger partial charge is 0.234 e. The summed E-state index contributed by atoms with van der Waals surface area (Å²) < 4.78 is 1.94. The SMILES string of the molecule is CCc1ccccc1-n1cnnc1SCC(=O)Nc1cc(Cl)ccc1N1CCN(C)CC1. The maximum absolute atomic E-state index is 12.8. The summed E-state index contributed by atoms with van der Waals surface area (Å²) in [7, 11) is 2.12. The molecule has 1 saturated heterocycles. The number of nitrogens with one attached hydrogen (secondary N) is 1. The molecule has 1 N–H and O–H groups in total. The molecule has 1 amide bonds. The largest absolute Gasteiger partial charge is 0.367 e. The van der Waals surface area contributed by atoms with Gasteiger partial charge in [0.05, 0.1) is 22.8 Å². The van der Waals surface area contributed by atoms with Crippen molar-refractivity contribution in [3.05, 3.63) is 59.4 Å². The van der Waals surface area contributed by atoms with Gasteiger partial charge in [-0.1, -0.05) is 48.5 Å². The first-order valence-electron chi connectivity index (χ1n) is 10.7. The van der Waals surface area contributed by atoms with Crippen LogP contribution in [0.5, 0.6) is 0 Å². The molecular weight excluding hydrogens is 444 g/mol.